The molecule has 1 aromatic rings. The monoisotopic (exact) mass is 309 g/mol. The largest absolute Gasteiger partial charge is 0.507 e. The van der Waals surface area contributed by atoms with Gasteiger partial charge >= 0.3 is 12.1 Å². The van der Waals surface area contributed by atoms with Crippen LogP contribution in [-0.4, -0.2) is 30.0 Å². The fourth-order valence-electron chi connectivity index (χ4n) is 1.62. The number of hydrogen-bond donors (Lipinski definition) is 1. The predicted molar refractivity (Wildman–Crippen MR) is 70.3 cm³/mol. The van der Waals surface area contributed by atoms with Gasteiger partial charge in [0.1, 0.15) is 12.3 Å². The molecule has 1 aromatic carbocycles. The van der Waals surface area contributed by atoms with E-state index in [1.165, 1.54) is 6.07 Å². The number of rotatable bonds is 3. The van der Waals surface area contributed by atoms with E-state index in [9.17, 15) is 27.1 Å². The van der Waals surface area contributed by atoms with E-state index in [4.69, 9.17) is 0 Å². The van der Waals surface area contributed by atoms with Gasteiger partial charge in [-0.3, -0.25) is 4.99 Å². The molecule has 0 aliphatic carbocycles. The van der Waals surface area contributed by atoms with Crippen molar-refractivity contribution in [2.45, 2.75) is 38.3 Å². The third kappa shape index (κ3) is 4.15. The number of phenols is 1. The first-order valence-corrected chi connectivity index (χ1v) is 6.13. The first-order chi connectivity index (χ1) is 9.36. The van der Waals surface area contributed by atoms with E-state index in [1.807, 2.05) is 20.8 Å². The number of phenolic OH excluding ortho intramolecular Hbond substituents is 1. The van der Waals surface area contributed by atoms with Gasteiger partial charge in [-0.1, -0.05) is 32.9 Å². The summed E-state index contributed by atoms with van der Waals surface area (Å²) >= 11 is 0. The minimum absolute atomic E-state index is 0.0976. The Morgan fingerprint density at radius 2 is 1.67 bits per heavy atom. The average molecular weight is 309 g/mol. The Hall–Kier alpha value is -1.66. The zero-order valence-corrected chi connectivity index (χ0v) is 11.8. The molecule has 0 radical (unpaired) electrons. The zero-order chi connectivity index (χ0) is 16.5. The summed E-state index contributed by atoms with van der Waals surface area (Å²) < 4.78 is 61.4. The Labute approximate surface area is 119 Å². The Bertz CT molecular complexity index is 529. The van der Waals surface area contributed by atoms with Gasteiger partial charge in [-0.05, 0) is 17.0 Å². The van der Waals surface area contributed by atoms with E-state index in [-0.39, 0.29) is 11.3 Å². The number of alkyl halides is 5. The number of aliphatic imine (C=N–C) groups is 1. The van der Waals surface area contributed by atoms with Crippen molar-refractivity contribution in [1.82, 2.24) is 0 Å². The lowest BCUT2D eigenvalue weighted by molar-refractivity contribution is -0.276. The second-order valence-electron chi connectivity index (χ2n) is 5.67. The summed E-state index contributed by atoms with van der Waals surface area (Å²) in [6.07, 6.45) is -4.82. The fraction of sp³-hybridized carbons (Fsp3) is 0.500. The molecule has 1 rings (SSSR count). The van der Waals surface area contributed by atoms with Crippen molar-refractivity contribution in [3.8, 4) is 5.75 Å². The van der Waals surface area contributed by atoms with Crippen molar-refractivity contribution in [3.63, 3.8) is 0 Å². The number of aromatic hydroxyl groups is 1. The fourth-order valence-corrected chi connectivity index (χ4v) is 1.62. The van der Waals surface area contributed by atoms with E-state index >= 15 is 0 Å². The topological polar surface area (TPSA) is 32.6 Å². The van der Waals surface area contributed by atoms with Crippen molar-refractivity contribution in [2.75, 3.05) is 6.54 Å². The van der Waals surface area contributed by atoms with Gasteiger partial charge in [-0.25, -0.2) is 0 Å². The molecule has 1 N–H and O–H groups in total. The number of nitrogens with zero attached hydrogens (tertiary/aromatic N) is 1. The Morgan fingerprint density at radius 1 is 1.10 bits per heavy atom. The Kier molecular flexibility index (Phi) is 4.65. The van der Waals surface area contributed by atoms with Crippen LogP contribution in [-0.2, 0) is 5.41 Å². The van der Waals surface area contributed by atoms with Gasteiger partial charge in [0.15, 0.2) is 0 Å². The molecule has 0 bridgehead atoms. The van der Waals surface area contributed by atoms with Gasteiger partial charge in [0, 0.05) is 11.8 Å². The molecule has 0 aromatic heterocycles. The van der Waals surface area contributed by atoms with Gasteiger partial charge < -0.3 is 5.11 Å². The zero-order valence-electron chi connectivity index (χ0n) is 11.8. The molecule has 0 aliphatic rings. The van der Waals surface area contributed by atoms with Gasteiger partial charge in [0.25, 0.3) is 0 Å². The van der Waals surface area contributed by atoms with Crippen LogP contribution in [0, 0.1) is 0 Å². The first-order valence-electron chi connectivity index (χ1n) is 6.13. The molecule has 2 nitrogen and oxygen atoms in total. The van der Waals surface area contributed by atoms with Crippen molar-refractivity contribution >= 4 is 6.21 Å². The summed E-state index contributed by atoms with van der Waals surface area (Å²) in [6.45, 7) is 3.79. The number of benzene rings is 1. The van der Waals surface area contributed by atoms with Crippen LogP contribution in [0.5, 0.6) is 5.75 Å². The number of hydrogen-bond acceptors (Lipinski definition) is 2. The van der Waals surface area contributed by atoms with Gasteiger partial charge in [-0.2, -0.15) is 22.0 Å². The van der Waals surface area contributed by atoms with E-state index in [1.54, 1.807) is 12.1 Å². The summed E-state index contributed by atoms with van der Waals surface area (Å²) in [5.74, 6) is -5.06. The molecule has 0 atom stereocenters. The normalized spacial score (nSPS) is 13.9. The van der Waals surface area contributed by atoms with Crippen LogP contribution in [0.2, 0.25) is 0 Å². The Balaban J connectivity index is 2.98. The van der Waals surface area contributed by atoms with Crippen molar-refractivity contribution in [2.24, 2.45) is 4.99 Å². The quantitative estimate of drug-likeness (QED) is 0.655. The molecule has 0 aliphatic heterocycles. The van der Waals surface area contributed by atoms with Gasteiger partial charge in [-0.15, -0.1) is 0 Å². The van der Waals surface area contributed by atoms with Gasteiger partial charge in [0.2, 0.25) is 0 Å². The summed E-state index contributed by atoms with van der Waals surface area (Å²) in [7, 11) is 0. The van der Waals surface area contributed by atoms with E-state index in [0.717, 1.165) is 6.21 Å². The predicted octanol–water partition coefficient (Wildman–Crippen LogP) is 4.31. The molecule has 0 amide bonds. The molecule has 0 saturated heterocycles. The molecule has 0 fully saturated rings. The maximum Gasteiger partial charge on any atom is 0.455 e. The van der Waals surface area contributed by atoms with E-state index < -0.39 is 24.1 Å². The van der Waals surface area contributed by atoms with Crippen molar-refractivity contribution in [1.29, 1.82) is 0 Å². The summed E-state index contributed by atoms with van der Waals surface area (Å²) in [5.41, 5.74) is 0.249. The molecule has 0 saturated carbocycles. The minimum Gasteiger partial charge on any atom is -0.507 e. The molecular weight excluding hydrogens is 293 g/mol. The molecule has 21 heavy (non-hydrogen) atoms. The minimum atomic E-state index is -5.64. The van der Waals surface area contributed by atoms with E-state index in [0.29, 0.717) is 5.56 Å². The molecule has 0 unspecified atom stereocenters. The highest BCUT2D eigenvalue weighted by atomic mass is 19.4. The number of para-hydroxylation sites is 1. The maximum absolute atomic E-state index is 12.7. The first kappa shape index (κ1) is 17.4. The van der Waals surface area contributed by atoms with Crippen LogP contribution < -0.4 is 0 Å². The lowest BCUT2D eigenvalue weighted by atomic mass is 9.85. The van der Waals surface area contributed by atoms with Crippen molar-refractivity contribution in [3.05, 3.63) is 29.3 Å². The van der Waals surface area contributed by atoms with Crippen LogP contribution in [0.3, 0.4) is 0 Å². The summed E-state index contributed by atoms with van der Waals surface area (Å²) in [4.78, 5) is 3.11. The Morgan fingerprint density at radius 3 is 2.14 bits per heavy atom. The highest BCUT2D eigenvalue weighted by Gasteiger charge is 2.57. The maximum atomic E-state index is 12.7. The lowest BCUT2D eigenvalue weighted by Crippen LogP contribution is -2.39. The highest BCUT2D eigenvalue weighted by Crippen LogP contribution is 2.36. The smallest absolute Gasteiger partial charge is 0.455 e. The molecule has 7 heteroatoms. The molecule has 0 spiro atoms. The number of halogens is 5. The SMILES string of the molecule is CC(C)(C)c1cccc(C=NCC(F)(F)C(F)(F)F)c1O. The molecular formula is C14H16F5NO. The standard InChI is InChI=1S/C14H16F5NO/c1-12(2,3)10-6-4-5-9(11(10)21)7-20-8-13(15,16)14(17,18)19/h4-7,21H,8H2,1-3H3. The lowest BCUT2D eigenvalue weighted by Gasteiger charge is -2.21. The molecule has 118 valence electrons. The third-order valence-corrected chi connectivity index (χ3v) is 2.81. The second-order valence-corrected chi connectivity index (χ2v) is 5.67. The highest BCUT2D eigenvalue weighted by molar-refractivity contribution is 5.84. The van der Waals surface area contributed by atoms with E-state index in [2.05, 4.69) is 4.99 Å². The average Bonchev–Trinajstić information content (AvgIpc) is 2.28. The van der Waals surface area contributed by atoms with Crippen LogP contribution in [0.1, 0.15) is 31.9 Å². The van der Waals surface area contributed by atoms with Gasteiger partial charge in [0.05, 0.1) is 0 Å². The second kappa shape index (κ2) is 5.61. The van der Waals surface area contributed by atoms with Crippen LogP contribution >= 0.6 is 0 Å². The summed E-state index contributed by atoms with van der Waals surface area (Å²) in [6, 6.07) is 4.61. The molecule has 0 heterocycles. The van der Waals surface area contributed by atoms with Crippen molar-refractivity contribution < 1.29 is 27.1 Å². The van der Waals surface area contributed by atoms with Crippen LogP contribution in [0.25, 0.3) is 0 Å². The summed E-state index contributed by atoms with van der Waals surface area (Å²) in [5, 5.41) is 10.0. The van der Waals surface area contributed by atoms with Crippen LogP contribution in [0.15, 0.2) is 23.2 Å². The third-order valence-electron chi connectivity index (χ3n) is 2.81. The van der Waals surface area contributed by atoms with Crippen LogP contribution in [0.4, 0.5) is 22.0 Å².